The van der Waals surface area contributed by atoms with E-state index in [0.717, 1.165) is 18.4 Å². The number of benzene rings is 1. The van der Waals surface area contributed by atoms with Crippen LogP contribution in [0.5, 0.6) is 0 Å². The number of aromatic amines is 1. The summed E-state index contributed by atoms with van der Waals surface area (Å²) in [5.41, 5.74) is 1.08. The summed E-state index contributed by atoms with van der Waals surface area (Å²) in [5.74, 6) is -0.132. The van der Waals surface area contributed by atoms with Gasteiger partial charge in [-0.25, -0.2) is 5.10 Å². The molecule has 5 heteroatoms. The van der Waals surface area contributed by atoms with E-state index < -0.39 is 0 Å². The molecule has 1 aliphatic carbocycles. The second-order valence-electron chi connectivity index (χ2n) is 4.96. The topological polar surface area (TPSA) is 66.1 Å². The third-order valence-corrected chi connectivity index (χ3v) is 3.34. The Labute approximate surface area is 116 Å². The van der Waals surface area contributed by atoms with E-state index in [1.165, 1.54) is 12.1 Å². The highest BCUT2D eigenvalue weighted by Gasteiger charge is 2.33. The molecule has 0 radical (unpaired) electrons. The van der Waals surface area contributed by atoms with Gasteiger partial charge in [0.15, 0.2) is 0 Å². The molecule has 0 aliphatic heterocycles. The number of nitrogens with zero attached hydrogens (tertiary/aromatic N) is 2. The van der Waals surface area contributed by atoms with Gasteiger partial charge in [-0.15, -0.1) is 0 Å². The molecule has 0 bridgehead atoms. The van der Waals surface area contributed by atoms with Crippen molar-refractivity contribution in [3.8, 4) is 0 Å². The van der Waals surface area contributed by atoms with Gasteiger partial charge in [-0.3, -0.25) is 9.59 Å². The number of hydrogen-bond donors (Lipinski definition) is 1. The maximum Gasteiger partial charge on any atom is 0.274 e. The molecule has 1 heterocycles. The highest BCUT2D eigenvalue weighted by molar-refractivity contribution is 5.92. The molecule has 1 amide bonds. The van der Waals surface area contributed by atoms with Gasteiger partial charge in [0.05, 0.1) is 0 Å². The summed E-state index contributed by atoms with van der Waals surface area (Å²) in [6.07, 6.45) is 2.06. The second-order valence-corrected chi connectivity index (χ2v) is 4.96. The number of amides is 1. The lowest BCUT2D eigenvalue weighted by atomic mass is 10.2. The summed E-state index contributed by atoms with van der Waals surface area (Å²) < 4.78 is 0. The van der Waals surface area contributed by atoms with Gasteiger partial charge in [0.25, 0.3) is 11.5 Å². The smallest absolute Gasteiger partial charge is 0.274 e. The average Bonchev–Trinajstić information content (AvgIpc) is 3.30. The Balaban J connectivity index is 1.82. The monoisotopic (exact) mass is 269 g/mol. The summed E-state index contributed by atoms with van der Waals surface area (Å²) in [4.78, 5) is 25.3. The lowest BCUT2D eigenvalue weighted by molar-refractivity contribution is 0.0722. The Morgan fingerprint density at radius 2 is 1.95 bits per heavy atom. The molecule has 0 spiro atoms. The second kappa shape index (κ2) is 5.28. The molecule has 1 aromatic heterocycles. The van der Waals surface area contributed by atoms with Crippen LogP contribution in [0.4, 0.5) is 0 Å². The fraction of sp³-hybridized carbons (Fsp3) is 0.267. The van der Waals surface area contributed by atoms with Gasteiger partial charge in [0, 0.05) is 18.7 Å². The lowest BCUT2D eigenvalue weighted by Gasteiger charge is -2.22. The molecule has 0 atom stereocenters. The minimum Gasteiger partial charge on any atom is -0.330 e. The zero-order valence-electron chi connectivity index (χ0n) is 11.0. The van der Waals surface area contributed by atoms with E-state index in [1.807, 2.05) is 35.2 Å². The van der Waals surface area contributed by atoms with Crippen LogP contribution in [0.15, 0.2) is 47.3 Å². The highest BCUT2D eigenvalue weighted by Crippen LogP contribution is 2.29. The first-order valence-corrected chi connectivity index (χ1v) is 6.64. The molecule has 1 N–H and O–H groups in total. The van der Waals surface area contributed by atoms with Crippen molar-refractivity contribution in [2.75, 3.05) is 0 Å². The van der Waals surface area contributed by atoms with Crippen molar-refractivity contribution in [3.05, 3.63) is 64.1 Å². The van der Waals surface area contributed by atoms with Crippen LogP contribution in [0.3, 0.4) is 0 Å². The van der Waals surface area contributed by atoms with E-state index in [1.54, 1.807) is 0 Å². The first-order chi connectivity index (χ1) is 9.74. The molecule has 102 valence electrons. The molecular formula is C15H15N3O2. The maximum atomic E-state index is 12.5. The van der Waals surface area contributed by atoms with E-state index in [-0.39, 0.29) is 23.2 Å². The van der Waals surface area contributed by atoms with E-state index >= 15 is 0 Å². The van der Waals surface area contributed by atoms with E-state index in [4.69, 9.17) is 0 Å². The quantitative estimate of drug-likeness (QED) is 0.916. The minimum absolute atomic E-state index is 0.132. The number of rotatable bonds is 4. The van der Waals surface area contributed by atoms with Crippen molar-refractivity contribution in [3.63, 3.8) is 0 Å². The van der Waals surface area contributed by atoms with Crippen molar-refractivity contribution in [1.82, 2.24) is 15.1 Å². The Bertz CT molecular complexity index is 642. The maximum absolute atomic E-state index is 12.5. The van der Waals surface area contributed by atoms with Crippen molar-refractivity contribution >= 4 is 5.91 Å². The van der Waals surface area contributed by atoms with Gasteiger partial charge >= 0.3 is 0 Å². The standard InChI is InChI=1S/C15H15N3O2/c19-14-9-8-13(16-17-14)15(20)18(12-6-7-12)10-11-4-2-1-3-5-11/h1-5,8-9,12H,6-7,10H2,(H,17,19). The molecule has 1 aliphatic rings. The fourth-order valence-electron chi connectivity index (χ4n) is 2.14. The molecule has 20 heavy (non-hydrogen) atoms. The van der Waals surface area contributed by atoms with Crippen LogP contribution in [0.1, 0.15) is 28.9 Å². The lowest BCUT2D eigenvalue weighted by Crippen LogP contribution is -2.33. The molecule has 2 aromatic rings. The number of hydrogen-bond acceptors (Lipinski definition) is 3. The molecule has 1 fully saturated rings. The average molecular weight is 269 g/mol. The fourth-order valence-corrected chi connectivity index (χ4v) is 2.14. The van der Waals surface area contributed by atoms with Gasteiger partial charge in [0.1, 0.15) is 5.69 Å². The van der Waals surface area contributed by atoms with Crippen molar-refractivity contribution in [1.29, 1.82) is 0 Å². The van der Waals surface area contributed by atoms with Crippen LogP contribution in [-0.4, -0.2) is 27.0 Å². The van der Waals surface area contributed by atoms with E-state index in [2.05, 4.69) is 10.2 Å². The normalized spacial score (nSPS) is 14.0. The van der Waals surface area contributed by atoms with Crippen LogP contribution >= 0.6 is 0 Å². The van der Waals surface area contributed by atoms with Gasteiger partial charge in [-0.2, -0.15) is 5.10 Å². The Morgan fingerprint density at radius 3 is 2.55 bits per heavy atom. The minimum atomic E-state index is -0.303. The predicted octanol–water partition coefficient (Wildman–Crippen LogP) is 1.57. The van der Waals surface area contributed by atoms with Crippen LogP contribution in [0.2, 0.25) is 0 Å². The van der Waals surface area contributed by atoms with Gasteiger partial charge in [0.2, 0.25) is 0 Å². The number of aromatic nitrogens is 2. The van der Waals surface area contributed by atoms with E-state index in [9.17, 15) is 9.59 Å². The largest absolute Gasteiger partial charge is 0.330 e. The summed E-state index contributed by atoms with van der Waals surface area (Å²) >= 11 is 0. The summed E-state index contributed by atoms with van der Waals surface area (Å²) in [6, 6.07) is 13.0. The first kappa shape index (κ1) is 12.6. The SMILES string of the molecule is O=C(c1ccc(=O)[nH]n1)N(Cc1ccccc1)C1CC1. The number of H-pyrrole nitrogens is 1. The first-order valence-electron chi connectivity index (χ1n) is 6.64. The van der Waals surface area contributed by atoms with Crippen molar-refractivity contribution < 1.29 is 4.79 Å². The van der Waals surface area contributed by atoms with Gasteiger partial charge in [-0.05, 0) is 24.5 Å². The predicted molar refractivity (Wildman–Crippen MR) is 74.2 cm³/mol. The molecule has 1 saturated carbocycles. The zero-order chi connectivity index (χ0) is 13.9. The van der Waals surface area contributed by atoms with Crippen LogP contribution in [0.25, 0.3) is 0 Å². The molecule has 3 rings (SSSR count). The van der Waals surface area contributed by atoms with Crippen molar-refractivity contribution in [2.24, 2.45) is 0 Å². The van der Waals surface area contributed by atoms with Crippen LogP contribution in [0, 0.1) is 0 Å². The summed E-state index contributed by atoms with van der Waals surface area (Å²) in [5, 5.41) is 6.13. The molecule has 0 saturated heterocycles. The number of carbonyl (C=O) groups is 1. The van der Waals surface area contributed by atoms with Gasteiger partial charge < -0.3 is 4.90 Å². The third-order valence-electron chi connectivity index (χ3n) is 3.34. The Kier molecular flexibility index (Phi) is 3.33. The number of carbonyl (C=O) groups excluding carboxylic acids is 1. The van der Waals surface area contributed by atoms with Gasteiger partial charge in [-0.1, -0.05) is 30.3 Å². The van der Waals surface area contributed by atoms with Crippen molar-refractivity contribution in [2.45, 2.75) is 25.4 Å². The summed E-state index contributed by atoms with van der Waals surface area (Å²) in [6.45, 7) is 0.575. The zero-order valence-corrected chi connectivity index (χ0v) is 11.0. The van der Waals surface area contributed by atoms with Crippen LogP contribution < -0.4 is 5.56 Å². The molecular weight excluding hydrogens is 254 g/mol. The molecule has 0 unspecified atom stereocenters. The summed E-state index contributed by atoms with van der Waals surface area (Å²) in [7, 11) is 0. The Hall–Kier alpha value is -2.43. The highest BCUT2D eigenvalue weighted by atomic mass is 16.2. The van der Waals surface area contributed by atoms with E-state index in [0.29, 0.717) is 6.54 Å². The molecule has 1 aromatic carbocycles. The molecule has 5 nitrogen and oxygen atoms in total. The third kappa shape index (κ3) is 2.77. The van der Waals surface area contributed by atoms with Crippen LogP contribution in [-0.2, 0) is 6.54 Å². The number of nitrogens with one attached hydrogen (secondary N) is 1. The Morgan fingerprint density at radius 1 is 1.20 bits per heavy atom.